The molecule has 0 spiro atoms. The van der Waals surface area contributed by atoms with Gasteiger partial charge in [-0.15, -0.1) is 11.8 Å². The number of aliphatic hydroxyl groups excluding tert-OH is 1. The number of fused-ring (bicyclic) bond motifs is 8. The average Bonchev–Trinajstić information content (AvgIpc) is 3.50. The van der Waals surface area contributed by atoms with Gasteiger partial charge in [-0.25, -0.2) is 4.79 Å². The van der Waals surface area contributed by atoms with Gasteiger partial charge in [-0.2, -0.15) is 5.26 Å². The monoisotopic (exact) mass is 637 g/mol. The standard InChI is InChI=1S/C31H31N3O10S/c1-11-24(37)14-6-15-16(7-32)34-17-8-41-31(39)18(36)9-45-30(23(34)22(33(15)4)19(14)25(38)27(11)40-5)21-20(17)29-28(42-10-43-29)12(2)26(21)44-13(3)35/h15-18,22-23,30,36H,6,8-10H2,1-5H3/t15?,16-,17-,18?,22?,23+,30+/m0/s1. The molecule has 3 unspecified atom stereocenters. The van der Waals surface area contributed by atoms with E-state index in [2.05, 4.69) is 6.07 Å². The Labute approximate surface area is 262 Å². The van der Waals surface area contributed by atoms with Crippen molar-refractivity contribution < 1.29 is 48.0 Å². The van der Waals surface area contributed by atoms with Gasteiger partial charge in [-0.3, -0.25) is 24.2 Å². The van der Waals surface area contributed by atoms with Gasteiger partial charge in [0.25, 0.3) is 0 Å². The van der Waals surface area contributed by atoms with Crippen LogP contribution in [0.5, 0.6) is 17.2 Å². The molecule has 4 bridgehead atoms. The Hall–Kier alpha value is -3.90. The van der Waals surface area contributed by atoms with Crippen LogP contribution in [0, 0.1) is 18.3 Å². The van der Waals surface area contributed by atoms with Crippen LogP contribution in [0.4, 0.5) is 0 Å². The molecule has 1 aromatic carbocycles. The number of carbonyl (C=O) groups is 4. The number of Topliss-reactive ketones (excluding diaryl/α,β-unsaturated/α-hetero) is 2. The summed E-state index contributed by atoms with van der Waals surface area (Å²) in [6.45, 7) is 4.25. The Morgan fingerprint density at radius 2 is 1.84 bits per heavy atom. The number of nitriles is 1. The lowest BCUT2D eigenvalue weighted by molar-refractivity contribution is -0.157. The van der Waals surface area contributed by atoms with Crippen molar-refractivity contribution in [1.82, 2.24) is 9.80 Å². The predicted molar refractivity (Wildman–Crippen MR) is 155 cm³/mol. The number of carbonyl (C=O) groups excluding carboxylic acids is 4. The maximum absolute atomic E-state index is 14.1. The largest absolute Gasteiger partial charge is 0.492 e. The maximum Gasteiger partial charge on any atom is 0.335 e. The Kier molecular flexibility index (Phi) is 7.01. The molecule has 7 atom stereocenters. The summed E-state index contributed by atoms with van der Waals surface area (Å²) in [5, 5.41) is 20.8. The lowest BCUT2D eigenvalue weighted by Crippen LogP contribution is -2.73. The molecule has 45 heavy (non-hydrogen) atoms. The number of benzene rings is 1. The van der Waals surface area contributed by atoms with Crippen LogP contribution in [0.1, 0.15) is 48.3 Å². The van der Waals surface area contributed by atoms with Gasteiger partial charge in [0.15, 0.2) is 29.1 Å². The SMILES string of the molecule is COC1=C(C)C(=O)C2=C(C1=O)C1[C@@H]3[C@@H]4SCC(O)C(=O)OC[C@@H](c5c6c(c(C)c(OC(C)=O)c54)OCO6)N3[C@@H](C#N)C(C2)N1C. The number of allylic oxidation sites excluding steroid dienone is 2. The Balaban J connectivity index is 1.55. The minimum atomic E-state index is -1.45. The van der Waals surface area contributed by atoms with Gasteiger partial charge in [0.1, 0.15) is 18.4 Å². The lowest BCUT2D eigenvalue weighted by Gasteiger charge is -2.62. The minimum Gasteiger partial charge on any atom is -0.492 e. The van der Waals surface area contributed by atoms with E-state index in [0.29, 0.717) is 39.3 Å². The van der Waals surface area contributed by atoms with Crippen LogP contribution in [0.3, 0.4) is 0 Å². The molecule has 6 aliphatic rings. The fourth-order valence-electron chi connectivity index (χ4n) is 7.96. The molecule has 1 aromatic rings. The normalized spacial score (nSPS) is 32.4. The second-order valence-electron chi connectivity index (χ2n) is 12.0. The van der Waals surface area contributed by atoms with E-state index in [1.54, 1.807) is 13.8 Å². The van der Waals surface area contributed by atoms with E-state index >= 15 is 0 Å². The van der Waals surface area contributed by atoms with E-state index < -0.39 is 59.3 Å². The molecule has 13 nitrogen and oxygen atoms in total. The number of methoxy groups -OCH3 is 1. The zero-order chi connectivity index (χ0) is 32.1. The maximum atomic E-state index is 14.1. The van der Waals surface area contributed by atoms with E-state index in [9.17, 15) is 29.5 Å². The van der Waals surface area contributed by atoms with E-state index in [1.807, 2.05) is 16.8 Å². The molecule has 1 N–H and O–H groups in total. The number of thioether (sulfide) groups is 1. The average molecular weight is 638 g/mol. The van der Waals surface area contributed by atoms with Crippen molar-refractivity contribution in [2.75, 3.05) is 33.3 Å². The molecule has 14 heteroatoms. The van der Waals surface area contributed by atoms with Crippen LogP contribution in [-0.2, 0) is 28.7 Å². The topological polar surface area (TPSA) is 165 Å². The van der Waals surface area contributed by atoms with Crippen LogP contribution >= 0.6 is 11.8 Å². The van der Waals surface area contributed by atoms with Crippen molar-refractivity contribution in [1.29, 1.82) is 5.26 Å². The molecule has 5 heterocycles. The van der Waals surface area contributed by atoms with Crippen LogP contribution in [-0.4, -0.2) is 102 Å². The molecule has 1 aliphatic carbocycles. The van der Waals surface area contributed by atoms with Crippen LogP contribution in [0.25, 0.3) is 0 Å². The molecule has 0 amide bonds. The third-order valence-corrected chi connectivity index (χ3v) is 11.2. The number of esters is 2. The van der Waals surface area contributed by atoms with Gasteiger partial charge >= 0.3 is 11.9 Å². The second-order valence-corrected chi connectivity index (χ2v) is 13.1. The molecule has 0 radical (unpaired) electrons. The van der Waals surface area contributed by atoms with Gasteiger partial charge in [0.2, 0.25) is 12.6 Å². The van der Waals surface area contributed by atoms with Crippen LogP contribution in [0.15, 0.2) is 22.5 Å². The highest BCUT2D eigenvalue weighted by atomic mass is 32.2. The first kappa shape index (κ1) is 29.8. The summed E-state index contributed by atoms with van der Waals surface area (Å²) < 4.78 is 28.9. The number of ether oxygens (including phenoxy) is 5. The van der Waals surface area contributed by atoms with E-state index in [0.717, 1.165) is 0 Å². The summed E-state index contributed by atoms with van der Waals surface area (Å²) in [5.41, 5.74) is 2.52. The first-order chi connectivity index (χ1) is 21.5. The zero-order valence-electron chi connectivity index (χ0n) is 25.2. The number of likely N-dealkylation sites (N-methyl/N-ethyl adjacent to an activating group) is 1. The number of ketones is 2. The first-order valence-corrected chi connectivity index (χ1v) is 15.6. The van der Waals surface area contributed by atoms with Crippen molar-refractivity contribution in [3.63, 3.8) is 0 Å². The molecular formula is C31H31N3O10S. The molecule has 0 saturated carbocycles. The Morgan fingerprint density at radius 1 is 1.11 bits per heavy atom. The van der Waals surface area contributed by atoms with Gasteiger partial charge in [-0.1, -0.05) is 0 Å². The number of aliphatic hydroxyl groups is 1. The summed E-state index contributed by atoms with van der Waals surface area (Å²) in [7, 11) is 3.19. The number of cyclic esters (lactones) is 1. The first-order valence-electron chi connectivity index (χ1n) is 14.6. The smallest absolute Gasteiger partial charge is 0.335 e. The zero-order valence-corrected chi connectivity index (χ0v) is 26.1. The predicted octanol–water partition coefficient (Wildman–Crippen LogP) is 1.41. The van der Waals surface area contributed by atoms with Crippen LogP contribution < -0.4 is 14.2 Å². The highest BCUT2D eigenvalue weighted by Crippen LogP contribution is 2.62. The number of rotatable bonds is 2. The van der Waals surface area contributed by atoms with Crippen molar-refractivity contribution in [3.05, 3.63) is 39.2 Å². The molecule has 236 valence electrons. The van der Waals surface area contributed by atoms with Crippen molar-refractivity contribution in [3.8, 4) is 23.3 Å². The van der Waals surface area contributed by atoms with Gasteiger partial charge in [0, 0.05) is 58.2 Å². The summed E-state index contributed by atoms with van der Waals surface area (Å²) in [5.74, 6) is -1.17. The highest BCUT2D eigenvalue weighted by molar-refractivity contribution is 7.99. The van der Waals surface area contributed by atoms with Crippen molar-refractivity contribution in [2.24, 2.45) is 0 Å². The van der Waals surface area contributed by atoms with Crippen molar-refractivity contribution in [2.45, 2.75) is 68.8 Å². The molecule has 2 fully saturated rings. The number of hydrogen-bond acceptors (Lipinski definition) is 14. The van der Waals surface area contributed by atoms with Crippen molar-refractivity contribution >= 4 is 35.3 Å². The molecule has 5 aliphatic heterocycles. The molecule has 7 rings (SSSR count). The fourth-order valence-corrected chi connectivity index (χ4v) is 9.37. The van der Waals surface area contributed by atoms with E-state index in [-0.39, 0.29) is 48.4 Å². The van der Waals surface area contributed by atoms with E-state index in [1.165, 1.54) is 25.8 Å². The highest BCUT2D eigenvalue weighted by Gasteiger charge is 2.62. The second kappa shape index (κ2) is 10.6. The quantitative estimate of drug-likeness (QED) is 0.281. The fraction of sp³-hybridized carbons (Fsp3) is 0.516. The van der Waals surface area contributed by atoms with Gasteiger partial charge in [0.05, 0.1) is 30.5 Å². The Bertz CT molecular complexity index is 1690. The summed E-state index contributed by atoms with van der Waals surface area (Å²) in [6.07, 6.45) is -1.30. The summed E-state index contributed by atoms with van der Waals surface area (Å²) in [4.78, 5) is 57.2. The number of piperazine rings is 1. The number of nitrogens with zero attached hydrogens (tertiary/aromatic N) is 3. The number of hydrogen-bond donors (Lipinski definition) is 1. The molecular weight excluding hydrogens is 606 g/mol. The summed E-state index contributed by atoms with van der Waals surface area (Å²) >= 11 is 1.22. The summed E-state index contributed by atoms with van der Waals surface area (Å²) in [6, 6.07) is -1.07. The van der Waals surface area contributed by atoms with E-state index in [4.69, 9.17) is 23.7 Å². The third kappa shape index (κ3) is 4.04. The third-order valence-electron chi connectivity index (χ3n) is 9.79. The van der Waals surface area contributed by atoms with Gasteiger partial charge < -0.3 is 28.8 Å². The van der Waals surface area contributed by atoms with Crippen LogP contribution in [0.2, 0.25) is 0 Å². The minimum absolute atomic E-state index is 0.0261. The molecule has 0 aromatic heterocycles. The lowest BCUT2D eigenvalue weighted by atomic mass is 9.68. The Morgan fingerprint density at radius 3 is 2.53 bits per heavy atom. The van der Waals surface area contributed by atoms with Gasteiger partial charge in [-0.05, 0) is 27.3 Å². The molecule has 2 saturated heterocycles.